The van der Waals surface area contributed by atoms with Crippen LogP contribution in [0.1, 0.15) is 27.7 Å². The van der Waals surface area contributed by atoms with E-state index < -0.39 is 5.54 Å². The first-order valence-corrected chi connectivity index (χ1v) is 5.31. The van der Waals surface area contributed by atoms with E-state index >= 15 is 0 Å². The van der Waals surface area contributed by atoms with E-state index in [0.717, 1.165) is 0 Å². The van der Waals surface area contributed by atoms with Crippen molar-refractivity contribution in [2.45, 2.75) is 39.3 Å². The van der Waals surface area contributed by atoms with Crippen LogP contribution in [-0.2, 0) is 37.5 Å². The van der Waals surface area contributed by atoms with Gasteiger partial charge < -0.3 is 16.2 Å². The summed E-state index contributed by atoms with van der Waals surface area (Å²) in [7, 11) is 3.50. The Labute approximate surface area is 130 Å². The van der Waals surface area contributed by atoms with Crippen molar-refractivity contribution in [2.24, 2.45) is 0 Å². The Morgan fingerprint density at radius 1 is 1.35 bits per heavy atom. The van der Waals surface area contributed by atoms with Crippen LogP contribution in [0.25, 0.3) is 0 Å². The van der Waals surface area contributed by atoms with Gasteiger partial charge in [0.25, 0.3) is 0 Å². The summed E-state index contributed by atoms with van der Waals surface area (Å²) < 4.78 is 0. The zero-order valence-corrected chi connectivity index (χ0v) is 14.4. The van der Waals surface area contributed by atoms with Gasteiger partial charge in [-0.25, -0.2) is 0 Å². The zero-order valence-electron chi connectivity index (χ0n) is 11.6. The van der Waals surface area contributed by atoms with Crippen molar-refractivity contribution in [3.05, 3.63) is 13.0 Å². The van der Waals surface area contributed by atoms with Crippen LogP contribution in [0.2, 0.25) is 0 Å². The maximum absolute atomic E-state index is 12.2. The van der Waals surface area contributed by atoms with E-state index in [1.54, 1.807) is 20.9 Å². The predicted octanol–water partition coefficient (Wildman–Crippen LogP) is 1.45. The molecule has 0 fully saturated rings. The molecule has 0 bridgehead atoms. The summed E-state index contributed by atoms with van der Waals surface area (Å²) in [6, 6.07) is 1.80. The van der Waals surface area contributed by atoms with E-state index in [4.69, 9.17) is 5.26 Å². The molecule has 1 amide bonds. The second-order valence-corrected chi connectivity index (χ2v) is 4.27. The van der Waals surface area contributed by atoms with Crippen molar-refractivity contribution in [3.8, 4) is 6.07 Å². The molecule has 4 nitrogen and oxygen atoms in total. The summed E-state index contributed by atoms with van der Waals surface area (Å²) in [5.41, 5.74) is -0.785. The smallest absolute Gasteiger partial charge is 0.207 e. The van der Waals surface area contributed by atoms with Gasteiger partial charge in [0.2, 0.25) is 5.91 Å². The van der Waals surface area contributed by atoms with E-state index in [1.165, 1.54) is 4.90 Å². The second kappa shape index (κ2) is 8.18. The molecule has 0 heterocycles. The van der Waals surface area contributed by atoms with Crippen LogP contribution >= 0.6 is 0 Å². The van der Waals surface area contributed by atoms with Gasteiger partial charge in [0.05, 0.1) is 6.07 Å². The van der Waals surface area contributed by atoms with Crippen LogP contribution in [0.4, 0.5) is 0 Å². The van der Waals surface area contributed by atoms with Crippen LogP contribution in [0.5, 0.6) is 0 Å². The topological polar surface area (TPSA) is 47.3 Å². The Balaban J connectivity index is 0. The number of likely N-dealkylation sites (N-methyl/N-ethyl adjacent to an activating group) is 2. The van der Waals surface area contributed by atoms with E-state index in [-0.39, 0.29) is 44.7 Å². The van der Waals surface area contributed by atoms with Gasteiger partial charge in [-0.05, 0) is 20.9 Å². The third-order valence-electron chi connectivity index (χ3n) is 2.86. The molecule has 1 atom stereocenters. The molecule has 1 radical (unpaired) electrons. The molecule has 0 aromatic carbocycles. The Hall–Kier alpha value is 0.0239. The Morgan fingerprint density at radius 3 is 2.12 bits per heavy atom. The third-order valence-corrected chi connectivity index (χ3v) is 2.86. The minimum absolute atomic E-state index is 0. The van der Waals surface area contributed by atoms with Gasteiger partial charge in [-0.1, -0.05) is 6.04 Å². The minimum atomic E-state index is -0.785. The molecule has 0 saturated carbocycles. The Kier molecular flexibility index (Phi) is 9.32. The fourth-order valence-electron chi connectivity index (χ4n) is 1.26. The van der Waals surface area contributed by atoms with Crippen LogP contribution in [-0.4, -0.2) is 41.4 Å². The first-order chi connectivity index (χ1) is 7.31. The molecule has 0 aliphatic rings. The first-order valence-electron chi connectivity index (χ1n) is 5.31. The summed E-state index contributed by atoms with van der Waals surface area (Å²) in [5.74, 6) is -0.0744. The van der Waals surface area contributed by atoms with Crippen LogP contribution in [0.15, 0.2) is 0 Å². The average molecular weight is 312 g/mol. The number of nitrogens with zero attached hydrogens (tertiary/aromatic N) is 3. The molecule has 0 saturated heterocycles. The molecular weight excluding hydrogens is 291 g/mol. The SMILES string of the molecule is C[CH-][C@@H](C(=O)N(C)C(C)(C)C#N)N(C)[CH-]C.[Y]. The molecule has 0 aromatic rings. The Morgan fingerprint density at radius 2 is 1.82 bits per heavy atom. The minimum Gasteiger partial charge on any atom is -0.474 e. The molecule has 0 N–H and O–H groups in total. The van der Waals surface area contributed by atoms with Crippen LogP contribution in [0.3, 0.4) is 0 Å². The molecule has 0 aliphatic carbocycles. The number of rotatable bonds is 5. The van der Waals surface area contributed by atoms with Gasteiger partial charge in [-0.3, -0.25) is 11.3 Å². The monoisotopic (exact) mass is 312 g/mol. The van der Waals surface area contributed by atoms with Gasteiger partial charge in [0.1, 0.15) is 5.54 Å². The molecule has 5 heteroatoms. The maximum atomic E-state index is 12.2. The van der Waals surface area contributed by atoms with Crippen molar-refractivity contribution < 1.29 is 37.5 Å². The summed E-state index contributed by atoms with van der Waals surface area (Å²) >= 11 is 0. The number of carbonyl (C=O) groups is 1. The molecule has 0 rings (SSSR count). The molecule has 0 spiro atoms. The van der Waals surface area contributed by atoms with E-state index in [2.05, 4.69) is 6.07 Å². The largest absolute Gasteiger partial charge is 0.474 e. The fourth-order valence-corrected chi connectivity index (χ4v) is 1.26. The van der Waals surface area contributed by atoms with Gasteiger partial charge in [-0.15, -0.1) is 0 Å². The molecule has 95 valence electrons. The standard InChI is InChI=1S/C12H21N3O.Y/c1-7-10(14(5)8-2)11(16)15(6)12(3,4)9-13;/h7-8,10H,1-6H3;/q-2;/t10-;/m0./s1. The van der Waals surface area contributed by atoms with Crippen molar-refractivity contribution in [2.75, 3.05) is 14.1 Å². The van der Waals surface area contributed by atoms with Crippen LogP contribution in [0, 0.1) is 24.3 Å². The number of amides is 1. The van der Waals surface area contributed by atoms with Gasteiger partial charge in [0, 0.05) is 39.8 Å². The normalized spacial score (nSPS) is 12.6. The quantitative estimate of drug-likeness (QED) is 0.722. The number of hydrogen-bond donors (Lipinski definition) is 0. The molecule has 0 aromatic heterocycles. The van der Waals surface area contributed by atoms with Gasteiger partial charge >= 0.3 is 0 Å². The Bertz CT molecular complexity index is 286. The van der Waals surface area contributed by atoms with Crippen molar-refractivity contribution >= 4 is 5.91 Å². The summed E-state index contributed by atoms with van der Waals surface area (Å²) in [4.78, 5) is 15.5. The fraction of sp³-hybridized carbons (Fsp3) is 0.667. The van der Waals surface area contributed by atoms with Gasteiger partial charge in [-0.2, -0.15) is 19.1 Å². The maximum Gasteiger partial charge on any atom is 0.207 e. The average Bonchev–Trinajstić information content (AvgIpc) is 2.28. The van der Waals surface area contributed by atoms with E-state index in [9.17, 15) is 4.79 Å². The molecular formula is C12H21N3OY-2. The first kappa shape index (κ1) is 19.4. The van der Waals surface area contributed by atoms with Gasteiger partial charge in [0.15, 0.2) is 0 Å². The number of nitriles is 1. The van der Waals surface area contributed by atoms with E-state index in [1.807, 2.05) is 38.8 Å². The van der Waals surface area contributed by atoms with Crippen molar-refractivity contribution in [3.63, 3.8) is 0 Å². The molecule has 0 unspecified atom stereocenters. The predicted molar refractivity (Wildman–Crippen MR) is 64.0 cm³/mol. The van der Waals surface area contributed by atoms with Crippen molar-refractivity contribution in [1.29, 1.82) is 5.26 Å². The summed E-state index contributed by atoms with van der Waals surface area (Å²) in [5, 5.41) is 8.99. The summed E-state index contributed by atoms with van der Waals surface area (Å²) in [6.07, 6.45) is 1.83. The third kappa shape index (κ3) is 5.03. The zero-order chi connectivity index (χ0) is 12.9. The van der Waals surface area contributed by atoms with E-state index in [0.29, 0.717) is 0 Å². The molecule has 17 heavy (non-hydrogen) atoms. The van der Waals surface area contributed by atoms with Crippen LogP contribution < -0.4 is 0 Å². The van der Waals surface area contributed by atoms with Crippen molar-refractivity contribution in [1.82, 2.24) is 9.80 Å². The number of hydrogen-bond acceptors (Lipinski definition) is 3. The molecule has 0 aliphatic heterocycles. The number of carbonyl (C=O) groups excluding carboxylic acids is 1. The second-order valence-electron chi connectivity index (χ2n) is 4.27. The summed E-state index contributed by atoms with van der Waals surface area (Å²) in [6.45, 7) is 9.02.